The number of aromatic nitrogens is 2. The lowest BCUT2D eigenvalue weighted by molar-refractivity contribution is 0.305. The van der Waals surface area contributed by atoms with Crippen LogP contribution in [0, 0.1) is 19.7 Å². The lowest BCUT2D eigenvalue weighted by Crippen LogP contribution is -2.37. The van der Waals surface area contributed by atoms with E-state index in [2.05, 4.69) is 9.55 Å². The zero-order valence-corrected chi connectivity index (χ0v) is 18.7. The molecule has 0 N–H and O–H groups in total. The van der Waals surface area contributed by atoms with Crippen molar-refractivity contribution in [2.75, 3.05) is 0 Å². The van der Waals surface area contributed by atoms with Gasteiger partial charge >= 0.3 is 0 Å². The van der Waals surface area contributed by atoms with Gasteiger partial charge in [0.25, 0.3) is 0 Å². The van der Waals surface area contributed by atoms with Crippen molar-refractivity contribution in [2.24, 2.45) is 0 Å². The van der Waals surface area contributed by atoms with Gasteiger partial charge in [-0.15, -0.1) is 0 Å². The summed E-state index contributed by atoms with van der Waals surface area (Å²) < 4.78 is 44.6. The molecule has 4 rings (SSSR count). The van der Waals surface area contributed by atoms with Gasteiger partial charge in [0.15, 0.2) is 0 Å². The van der Waals surface area contributed by atoms with Crippen LogP contribution in [-0.2, 0) is 16.6 Å². The Morgan fingerprint density at radius 1 is 1.03 bits per heavy atom. The molecule has 1 aliphatic heterocycles. The Bertz CT molecular complexity index is 1120. The van der Waals surface area contributed by atoms with Gasteiger partial charge in [-0.25, -0.2) is 17.8 Å². The Morgan fingerprint density at radius 3 is 2.39 bits per heavy atom. The molecular formula is C24H28FN3O2S. The maximum Gasteiger partial charge on any atom is 0.243 e. The zero-order chi connectivity index (χ0) is 22.0. The molecule has 0 bridgehead atoms. The van der Waals surface area contributed by atoms with Crippen LogP contribution in [0.1, 0.15) is 48.7 Å². The SMILES string of the molecule is Cc1ccc(S(=O)(=O)N2C(CCCn3ccnc3C)CCC2c2ccc(F)cc2)cc1. The fourth-order valence-electron chi connectivity index (χ4n) is 4.46. The molecule has 0 aliphatic carbocycles. The van der Waals surface area contributed by atoms with Crippen molar-refractivity contribution < 1.29 is 12.8 Å². The predicted octanol–water partition coefficient (Wildman–Crippen LogP) is 5.01. The molecule has 1 saturated heterocycles. The maximum atomic E-state index is 13.7. The van der Waals surface area contributed by atoms with Gasteiger partial charge in [0.2, 0.25) is 10.0 Å². The van der Waals surface area contributed by atoms with E-state index in [-0.39, 0.29) is 17.9 Å². The number of halogens is 1. The lowest BCUT2D eigenvalue weighted by atomic mass is 10.0. The van der Waals surface area contributed by atoms with Crippen molar-refractivity contribution in [3.8, 4) is 0 Å². The zero-order valence-electron chi connectivity index (χ0n) is 17.9. The molecule has 0 radical (unpaired) electrons. The summed E-state index contributed by atoms with van der Waals surface area (Å²) in [5, 5.41) is 0. The minimum absolute atomic E-state index is 0.0924. The third-order valence-electron chi connectivity index (χ3n) is 6.15. The first kappa shape index (κ1) is 21.7. The second kappa shape index (κ2) is 8.93. The number of nitrogens with zero attached hydrogens (tertiary/aromatic N) is 3. The molecule has 0 amide bonds. The van der Waals surface area contributed by atoms with E-state index in [0.717, 1.165) is 49.2 Å². The monoisotopic (exact) mass is 441 g/mol. The molecule has 7 heteroatoms. The van der Waals surface area contributed by atoms with Crippen LogP contribution in [0.4, 0.5) is 4.39 Å². The minimum Gasteiger partial charge on any atom is -0.335 e. The molecular weight excluding hydrogens is 413 g/mol. The molecule has 2 aromatic carbocycles. The van der Waals surface area contributed by atoms with Crippen molar-refractivity contribution in [3.05, 3.63) is 83.7 Å². The molecule has 0 spiro atoms. The molecule has 164 valence electrons. The highest BCUT2D eigenvalue weighted by Crippen LogP contribution is 2.42. The van der Waals surface area contributed by atoms with Crippen molar-refractivity contribution in [1.82, 2.24) is 13.9 Å². The summed E-state index contributed by atoms with van der Waals surface area (Å²) in [5.74, 6) is 0.640. The number of benzene rings is 2. The Labute approximate surface area is 183 Å². The van der Waals surface area contributed by atoms with Crippen LogP contribution in [0.5, 0.6) is 0 Å². The van der Waals surface area contributed by atoms with Crippen LogP contribution in [0.2, 0.25) is 0 Å². The van der Waals surface area contributed by atoms with E-state index in [0.29, 0.717) is 4.90 Å². The third kappa shape index (κ3) is 4.57. The summed E-state index contributed by atoms with van der Waals surface area (Å²) in [6.07, 6.45) is 6.87. The predicted molar refractivity (Wildman–Crippen MR) is 119 cm³/mol. The van der Waals surface area contributed by atoms with E-state index in [4.69, 9.17) is 0 Å². The Morgan fingerprint density at radius 2 is 1.74 bits per heavy atom. The normalized spacial score (nSPS) is 19.7. The minimum atomic E-state index is -3.68. The fraction of sp³-hybridized carbons (Fsp3) is 0.375. The highest BCUT2D eigenvalue weighted by Gasteiger charge is 2.42. The Balaban J connectivity index is 1.61. The van der Waals surface area contributed by atoms with Gasteiger partial charge in [0.1, 0.15) is 11.6 Å². The molecule has 3 aromatic rings. The van der Waals surface area contributed by atoms with Crippen LogP contribution >= 0.6 is 0 Å². The highest BCUT2D eigenvalue weighted by molar-refractivity contribution is 7.89. The van der Waals surface area contributed by atoms with Crippen LogP contribution in [-0.4, -0.2) is 28.3 Å². The second-order valence-corrected chi connectivity index (χ2v) is 10.1. The van der Waals surface area contributed by atoms with E-state index in [9.17, 15) is 12.8 Å². The van der Waals surface area contributed by atoms with E-state index in [1.54, 1.807) is 34.8 Å². The van der Waals surface area contributed by atoms with Gasteiger partial charge in [0.05, 0.1) is 10.9 Å². The van der Waals surface area contributed by atoms with Crippen LogP contribution in [0.25, 0.3) is 0 Å². The number of hydrogen-bond acceptors (Lipinski definition) is 3. The first-order valence-corrected chi connectivity index (χ1v) is 12.1. The van der Waals surface area contributed by atoms with Crippen LogP contribution in [0.3, 0.4) is 0 Å². The Hall–Kier alpha value is -2.51. The summed E-state index contributed by atoms with van der Waals surface area (Å²) in [5.41, 5.74) is 1.85. The number of rotatable bonds is 7. The van der Waals surface area contributed by atoms with E-state index in [1.165, 1.54) is 12.1 Å². The van der Waals surface area contributed by atoms with Crippen molar-refractivity contribution in [3.63, 3.8) is 0 Å². The Kier molecular flexibility index (Phi) is 6.25. The molecule has 1 aromatic heterocycles. The van der Waals surface area contributed by atoms with Gasteiger partial charge in [-0.3, -0.25) is 0 Å². The van der Waals surface area contributed by atoms with Gasteiger partial charge in [-0.05, 0) is 69.4 Å². The summed E-state index contributed by atoms with van der Waals surface area (Å²) in [4.78, 5) is 4.56. The molecule has 0 saturated carbocycles. The molecule has 2 atom stereocenters. The fourth-order valence-corrected chi connectivity index (χ4v) is 6.35. The molecule has 31 heavy (non-hydrogen) atoms. The van der Waals surface area contributed by atoms with Gasteiger partial charge in [-0.2, -0.15) is 4.31 Å². The third-order valence-corrected chi connectivity index (χ3v) is 8.13. The van der Waals surface area contributed by atoms with Crippen molar-refractivity contribution >= 4 is 10.0 Å². The van der Waals surface area contributed by atoms with Crippen molar-refractivity contribution in [2.45, 2.75) is 63.1 Å². The first-order valence-electron chi connectivity index (χ1n) is 10.7. The molecule has 2 heterocycles. The summed E-state index contributed by atoms with van der Waals surface area (Å²) in [6, 6.07) is 12.8. The van der Waals surface area contributed by atoms with E-state index >= 15 is 0 Å². The van der Waals surface area contributed by atoms with Gasteiger partial charge < -0.3 is 4.57 Å². The lowest BCUT2D eigenvalue weighted by Gasteiger charge is -2.30. The van der Waals surface area contributed by atoms with Crippen LogP contribution in [0.15, 0.2) is 65.8 Å². The number of hydrogen-bond donors (Lipinski definition) is 0. The average molecular weight is 442 g/mol. The highest BCUT2D eigenvalue weighted by atomic mass is 32.2. The van der Waals surface area contributed by atoms with Crippen molar-refractivity contribution in [1.29, 1.82) is 0 Å². The van der Waals surface area contributed by atoms with E-state index in [1.807, 2.05) is 32.2 Å². The van der Waals surface area contributed by atoms with Crippen LogP contribution < -0.4 is 0 Å². The average Bonchev–Trinajstić information content (AvgIpc) is 3.36. The number of aryl methyl sites for hydroxylation is 3. The van der Waals surface area contributed by atoms with Gasteiger partial charge in [0, 0.05) is 25.0 Å². The smallest absolute Gasteiger partial charge is 0.243 e. The van der Waals surface area contributed by atoms with E-state index < -0.39 is 10.0 Å². The molecule has 2 unspecified atom stereocenters. The summed E-state index contributed by atoms with van der Waals surface area (Å²) >= 11 is 0. The number of imidazole rings is 1. The first-order chi connectivity index (χ1) is 14.9. The second-order valence-electron chi connectivity index (χ2n) is 8.26. The van der Waals surface area contributed by atoms with Gasteiger partial charge in [-0.1, -0.05) is 29.8 Å². The molecule has 5 nitrogen and oxygen atoms in total. The number of sulfonamides is 1. The summed E-state index contributed by atoms with van der Waals surface area (Å²) in [7, 11) is -3.68. The molecule has 1 fully saturated rings. The topological polar surface area (TPSA) is 55.2 Å². The molecule has 1 aliphatic rings. The standard InChI is InChI=1S/C24H28FN3O2S/c1-18-5-12-23(13-6-18)31(29,30)28-22(4-3-16-27-17-15-26-19(27)2)11-14-24(28)20-7-9-21(25)10-8-20/h5-10,12-13,15,17,22,24H,3-4,11,14,16H2,1-2H3. The maximum absolute atomic E-state index is 13.7. The summed E-state index contributed by atoms with van der Waals surface area (Å²) in [6.45, 7) is 4.71. The largest absolute Gasteiger partial charge is 0.335 e. The quantitative estimate of drug-likeness (QED) is 0.518.